The van der Waals surface area contributed by atoms with Gasteiger partial charge in [-0.05, 0) is 109 Å². The molecule has 1 aliphatic rings. The molecule has 3 aromatic carbocycles. The van der Waals surface area contributed by atoms with Gasteiger partial charge < -0.3 is 4.57 Å². The van der Waals surface area contributed by atoms with Gasteiger partial charge in [0.05, 0.1) is 34.7 Å². The minimum Gasteiger partial charge on any atom is -0.327 e. The molecule has 0 aliphatic heterocycles. The molecule has 0 atom stereocenters. The summed E-state index contributed by atoms with van der Waals surface area (Å²) in [6, 6.07) is 24.1. The number of aromatic nitrogens is 3. The number of hydrogen-bond donors (Lipinski definition) is 0. The zero-order chi connectivity index (χ0) is 33.8. The molecular formula is C42H48FN5. The van der Waals surface area contributed by atoms with Crippen molar-refractivity contribution in [2.24, 2.45) is 11.3 Å². The van der Waals surface area contributed by atoms with E-state index in [1.165, 1.54) is 54.0 Å². The molecule has 0 bridgehead atoms. The Kier molecular flexibility index (Phi) is 10.1. The highest BCUT2D eigenvalue weighted by Gasteiger charge is 2.22. The van der Waals surface area contributed by atoms with Gasteiger partial charge in [0.25, 0.3) is 0 Å². The Morgan fingerprint density at radius 2 is 1.75 bits per heavy atom. The van der Waals surface area contributed by atoms with E-state index in [0.717, 1.165) is 60.5 Å². The van der Waals surface area contributed by atoms with Gasteiger partial charge >= 0.3 is 0 Å². The van der Waals surface area contributed by atoms with Crippen molar-refractivity contribution < 1.29 is 4.39 Å². The van der Waals surface area contributed by atoms with Crippen molar-refractivity contribution in [3.8, 4) is 6.07 Å². The van der Waals surface area contributed by atoms with E-state index in [0.29, 0.717) is 29.9 Å². The maximum Gasteiger partial charge on any atom is 0.127 e. The van der Waals surface area contributed by atoms with Crippen molar-refractivity contribution in [1.29, 1.82) is 5.26 Å². The Balaban J connectivity index is 1.21. The molecule has 0 spiro atoms. The minimum absolute atomic E-state index is 0.189. The van der Waals surface area contributed by atoms with E-state index in [1.807, 2.05) is 12.1 Å². The molecule has 48 heavy (non-hydrogen) atoms. The molecule has 1 fully saturated rings. The second-order valence-electron chi connectivity index (χ2n) is 14.9. The minimum atomic E-state index is -0.333. The number of rotatable bonds is 12. The molecular weight excluding hydrogens is 593 g/mol. The second kappa shape index (κ2) is 14.4. The lowest BCUT2D eigenvalue weighted by Crippen LogP contribution is -2.25. The Bertz CT molecular complexity index is 1970. The van der Waals surface area contributed by atoms with E-state index in [2.05, 4.69) is 86.2 Å². The predicted octanol–water partition coefficient (Wildman–Crippen LogP) is 10.0. The summed E-state index contributed by atoms with van der Waals surface area (Å²) in [6.45, 7) is 17.0. The molecule has 0 radical (unpaired) electrons. The highest BCUT2D eigenvalue weighted by molar-refractivity contribution is 5.81. The van der Waals surface area contributed by atoms with Crippen molar-refractivity contribution >= 4 is 27.5 Å². The van der Waals surface area contributed by atoms with Crippen LogP contribution in [-0.4, -0.2) is 26.0 Å². The molecule has 1 saturated carbocycles. The fraction of sp³-hybridized carbons (Fsp3) is 0.405. The number of imidazole rings is 1. The van der Waals surface area contributed by atoms with Crippen LogP contribution in [0.4, 0.5) is 4.39 Å². The lowest BCUT2D eigenvalue weighted by Gasteiger charge is -2.22. The number of aryl methyl sites for hydroxylation is 2. The fourth-order valence-corrected chi connectivity index (χ4v) is 7.17. The predicted molar refractivity (Wildman–Crippen MR) is 195 cm³/mol. The molecule has 1 aliphatic carbocycles. The molecule has 5 nitrogen and oxygen atoms in total. The van der Waals surface area contributed by atoms with E-state index >= 15 is 0 Å². The van der Waals surface area contributed by atoms with Crippen molar-refractivity contribution in [2.45, 2.75) is 92.3 Å². The Morgan fingerprint density at radius 1 is 0.958 bits per heavy atom. The third kappa shape index (κ3) is 8.02. The third-order valence-corrected chi connectivity index (χ3v) is 9.76. The summed E-state index contributed by atoms with van der Waals surface area (Å²) in [5.41, 5.74) is 8.93. The van der Waals surface area contributed by atoms with Crippen LogP contribution in [0.25, 0.3) is 27.5 Å². The Morgan fingerprint density at radius 3 is 2.48 bits per heavy atom. The lowest BCUT2D eigenvalue weighted by molar-refractivity contribution is 0.258. The van der Waals surface area contributed by atoms with Crippen molar-refractivity contribution in [1.82, 2.24) is 19.4 Å². The molecule has 0 amide bonds. The van der Waals surface area contributed by atoms with Crippen LogP contribution in [0.1, 0.15) is 93.6 Å². The number of nitrogens with zero attached hydrogens (tertiary/aromatic N) is 5. The summed E-state index contributed by atoms with van der Waals surface area (Å²) in [6.07, 6.45) is 7.36. The summed E-state index contributed by atoms with van der Waals surface area (Å²) in [4.78, 5) is 12.6. The number of halogens is 1. The van der Waals surface area contributed by atoms with Crippen LogP contribution in [0, 0.1) is 28.5 Å². The first-order chi connectivity index (χ1) is 23.1. The third-order valence-electron chi connectivity index (χ3n) is 9.76. The Labute approximate surface area is 285 Å². The second-order valence-corrected chi connectivity index (χ2v) is 14.9. The van der Waals surface area contributed by atoms with Gasteiger partial charge in [0.2, 0.25) is 0 Å². The molecule has 5 aromatic rings. The fourth-order valence-electron chi connectivity index (χ4n) is 7.17. The van der Waals surface area contributed by atoms with E-state index < -0.39 is 0 Å². The summed E-state index contributed by atoms with van der Waals surface area (Å²) in [7, 11) is 0. The van der Waals surface area contributed by atoms with Crippen LogP contribution in [0.3, 0.4) is 0 Å². The summed E-state index contributed by atoms with van der Waals surface area (Å²) in [5, 5.41) is 10.1. The number of nitriles is 1. The maximum absolute atomic E-state index is 14.5. The van der Waals surface area contributed by atoms with E-state index in [1.54, 1.807) is 12.1 Å². The average molecular weight is 642 g/mol. The van der Waals surface area contributed by atoms with Crippen molar-refractivity contribution in [3.05, 3.63) is 113 Å². The first kappa shape index (κ1) is 33.6. The summed E-state index contributed by atoms with van der Waals surface area (Å²) in [5.74, 6) is 1.50. The number of hydrogen-bond acceptors (Lipinski definition) is 4. The van der Waals surface area contributed by atoms with Gasteiger partial charge in [-0.15, -0.1) is 0 Å². The van der Waals surface area contributed by atoms with E-state index in [4.69, 9.17) is 15.2 Å². The number of allylic oxidation sites excluding steroid dienone is 1. The van der Waals surface area contributed by atoms with Gasteiger partial charge in [0.1, 0.15) is 11.6 Å². The van der Waals surface area contributed by atoms with Gasteiger partial charge in [-0.2, -0.15) is 5.26 Å². The first-order valence-corrected chi connectivity index (χ1v) is 17.6. The van der Waals surface area contributed by atoms with Gasteiger partial charge in [0.15, 0.2) is 0 Å². The molecule has 2 heterocycles. The van der Waals surface area contributed by atoms with Gasteiger partial charge in [0, 0.05) is 24.2 Å². The molecule has 248 valence electrons. The lowest BCUT2D eigenvalue weighted by atomic mass is 9.86. The van der Waals surface area contributed by atoms with Crippen LogP contribution in [0.5, 0.6) is 0 Å². The first-order valence-electron chi connectivity index (χ1n) is 17.6. The standard InChI is InChI=1S/C42H48FN5/c1-6-47(26-32-12-14-34-16-19-36(45-39(34)22-32)18-15-33-13-11-31(25-44)21-37(33)43)28-41-46-38-20-17-35(29(2)24-42(3,4)5)23-40(38)48(41)27-30-9-7-8-10-30/h11-14,16-17,19-23,30H,2,6-10,15,18,24,26-28H2,1,3-5H3. The van der Waals surface area contributed by atoms with E-state index in [9.17, 15) is 4.39 Å². The molecule has 6 heteroatoms. The zero-order valence-electron chi connectivity index (χ0n) is 29.0. The van der Waals surface area contributed by atoms with Gasteiger partial charge in [-0.25, -0.2) is 9.37 Å². The normalized spacial score (nSPS) is 13.9. The van der Waals surface area contributed by atoms with Crippen LogP contribution < -0.4 is 0 Å². The van der Waals surface area contributed by atoms with Gasteiger partial charge in [-0.1, -0.05) is 77.4 Å². The SMILES string of the molecule is C=C(CC(C)(C)C)c1ccc2nc(CN(CC)Cc3ccc4ccc(CCc5ccc(C#N)cc5F)nc4c3)n(CC3CCCC3)c2c1. The number of fused-ring (bicyclic) bond motifs is 2. The topological polar surface area (TPSA) is 57.7 Å². The maximum atomic E-state index is 14.5. The molecule has 0 unspecified atom stereocenters. The van der Waals surface area contributed by atoms with Gasteiger partial charge in [-0.3, -0.25) is 9.88 Å². The van der Waals surface area contributed by atoms with Crippen molar-refractivity contribution in [2.75, 3.05) is 6.54 Å². The Hall–Kier alpha value is -4.34. The molecule has 2 aromatic heterocycles. The summed E-state index contributed by atoms with van der Waals surface area (Å²) < 4.78 is 17.0. The molecule has 0 N–H and O–H groups in total. The molecule has 6 rings (SSSR count). The number of benzene rings is 3. The highest BCUT2D eigenvalue weighted by atomic mass is 19.1. The van der Waals surface area contributed by atoms with Crippen molar-refractivity contribution in [3.63, 3.8) is 0 Å². The summed E-state index contributed by atoms with van der Waals surface area (Å²) >= 11 is 0. The average Bonchev–Trinajstić information content (AvgIpc) is 3.70. The van der Waals surface area contributed by atoms with Crippen LogP contribution in [0.15, 0.2) is 73.3 Å². The molecule has 0 saturated heterocycles. The zero-order valence-corrected chi connectivity index (χ0v) is 29.0. The number of pyridine rings is 1. The van der Waals surface area contributed by atoms with Crippen LogP contribution in [0.2, 0.25) is 0 Å². The van der Waals surface area contributed by atoms with Crippen LogP contribution >= 0.6 is 0 Å². The smallest absolute Gasteiger partial charge is 0.127 e. The van der Waals surface area contributed by atoms with E-state index in [-0.39, 0.29) is 11.2 Å². The highest BCUT2D eigenvalue weighted by Crippen LogP contribution is 2.33. The largest absolute Gasteiger partial charge is 0.327 e. The monoisotopic (exact) mass is 641 g/mol. The van der Waals surface area contributed by atoms with Crippen LogP contribution in [-0.2, 0) is 32.5 Å². The quantitative estimate of drug-likeness (QED) is 0.136.